The van der Waals surface area contributed by atoms with Gasteiger partial charge in [-0.2, -0.15) is 0 Å². The predicted octanol–water partition coefficient (Wildman–Crippen LogP) is 16.7. The molecular weight excluding hydrogens is 755 g/mol. The number of ether oxygens (including phenoxy) is 1. The standard InChI is InChI=1S/C55H109NO5/c1-3-5-7-9-11-13-15-17-20-25-29-33-37-41-45-49-55(60)61-50-46-42-38-34-30-26-22-19-18-21-24-28-32-36-40-44-48-54(59)56-52(51-57)53(58)47-43-39-35-31-27-23-16-14-12-10-8-6-4-2/h52-53,57-58H,3-51H2,1-2H3,(H,56,59). The first-order valence-corrected chi connectivity index (χ1v) is 27.8. The van der Waals surface area contributed by atoms with Gasteiger partial charge >= 0.3 is 5.97 Å². The molecule has 0 rings (SSSR count). The van der Waals surface area contributed by atoms with Crippen LogP contribution < -0.4 is 5.32 Å². The minimum Gasteiger partial charge on any atom is -0.466 e. The zero-order valence-corrected chi connectivity index (χ0v) is 41.4. The molecule has 1 amide bonds. The van der Waals surface area contributed by atoms with Gasteiger partial charge in [0.2, 0.25) is 5.91 Å². The highest BCUT2D eigenvalue weighted by Crippen LogP contribution is 2.18. The predicted molar refractivity (Wildman–Crippen MR) is 264 cm³/mol. The second kappa shape index (κ2) is 51.5. The van der Waals surface area contributed by atoms with Crippen molar-refractivity contribution in [2.75, 3.05) is 13.2 Å². The van der Waals surface area contributed by atoms with E-state index < -0.39 is 12.1 Å². The summed E-state index contributed by atoms with van der Waals surface area (Å²) in [7, 11) is 0. The number of hydrogen-bond acceptors (Lipinski definition) is 5. The van der Waals surface area contributed by atoms with E-state index in [1.54, 1.807) is 0 Å². The van der Waals surface area contributed by atoms with Gasteiger partial charge in [-0.3, -0.25) is 9.59 Å². The molecule has 0 aliphatic heterocycles. The zero-order chi connectivity index (χ0) is 44.4. The number of nitrogens with one attached hydrogen (secondary N) is 1. The highest BCUT2D eigenvalue weighted by atomic mass is 16.5. The molecule has 0 aromatic carbocycles. The third-order valence-electron chi connectivity index (χ3n) is 13.2. The van der Waals surface area contributed by atoms with E-state index in [-0.39, 0.29) is 18.5 Å². The largest absolute Gasteiger partial charge is 0.466 e. The molecule has 0 bridgehead atoms. The van der Waals surface area contributed by atoms with Crippen molar-refractivity contribution >= 4 is 11.9 Å². The Labute approximate surface area is 381 Å². The molecule has 2 atom stereocenters. The molecule has 0 aliphatic carbocycles. The van der Waals surface area contributed by atoms with Gasteiger partial charge < -0.3 is 20.3 Å². The number of carbonyl (C=O) groups excluding carboxylic acids is 2. The Morgan fingerprint density at radius 3 is 1.00 bits per heavy atom. The minimum absolute atomic E-state index is 0.00678. The highest BCUT2D eigenvalue weighted by molar-refractivity contribution is 5.76. The van der Waals surface area contributed by atoms with Crippen LogP contribution in [0.3, 0.4) is 0 Å². The Balaban J connectivity index is 3.39. The summed E-state index contributed by atoms with van der Waals surface area (Å²) in [6.07, 6.45) is 57.9. The summed E-state index contributed by atoms with van der Waals surface area (Å²) in [6, 6.07) is -0.544. The lowest BCUT2D eigenvalue weighted by Crippen LogP contribution is -2.45. The summed E-state index contributed by atoms with van der Waals surface area (Å²) in [6.45, 7) is 4.96. The van der Waals surface area contributed by atoms with Crippen molar-refractivity contribution in [3.63, 3.8) is 0 Å². The van der Waals surface area contributed by atoms with Crippen molar-refractivity contribution in [2.24, 2.45) is 0 Å². The lowest BCUT2D eigenvalue weighted by molar-refractivity contribution is -0.143. The summed E-state index contributed by atoms with van der Waals surface area (Å²) in [5.41, 5.74) is 0. The number of unbranched alkanes of at least 4 members (excludes halogenated alkanes) is 41. The van der Waals surface area contributed by atoms with E-state index in [9.17, 15) is 19.8 Å². The Bertz CT molecular complexity index is 867. The van der Waals surface area contributed by atoms with Gasteiger partial charge in [0.05, 0.1) is 25.4 Å². The van der Waals surface area contributed by atoms with Gasteiger partial charge in [0.15, 0.2) is 0 Å². The van der Waals surface area contributed by atoms with Crippen molar-refractivity contribution in [3.05, 3.63) is 0 Å². The quantitative estimate of drug-likeness (QED) is 0.0418. The lowest BCUT2D eigenvalue weighted by atomic mass is 10.0. The number of esters is 1. The molecule has 0 saturated carbocycles. The van der Waals surface area contributed by atoms with Crippen LogP contribution in [0.5, 0.6) is 0 Å². The Hall–Kier alpha value is -1.14. The molecule has 6 nitrogen and oxygen atoms in total. The second-order valence-electron chi connectivity index (χ2n) is 19.3. The Morgan fingerprint density at radius 1 is 0.393 bits per heavy atom. The van der Waals surface area contributed by atoms with E-state index in [0.29, 0.717) is 25.9 Å². The van der Waals surface area contributed by atoms with Crippen molar-refractivity contribution in [1.82, 2.24) is 5.32 Å². The first-order chi connectivity index (χ1) is 30.0. The van der Waals surface area contributed by atoms with Crippen LogP contribution in [0.4, 0.5) is 0 Å². The van der Waals surface area contributed by atoms with Crippen molar-refractivity contribution in [2.45, 2.75) is 328 Å². The third-order valence-corrected chi connectivity index (χ3v) is 13.2. The fraction of sp³-hybridized carbons (Fsp3) is 0.964. The molecule has 3 N–H and O–H groups in total. The van der Waals surface area contributed by atoms with Gasteiger partial charge in [-0.25, -0.2) is 0 Å². The molecule has 0 aromatic rings. The van der Waals surface area contributed by atoms with E-state index in [2.05, 4.69) is 19.2 Å². The van der Waals surface area contributed by atoms with Gasteiger partial charge in [0, 0.05) is 12.8 Å². The van der Waals surface area contributed by atoms with Crippen LogP contribution in [0.15, 0.2) is 0 Å². The molecule has 0 spiro atoms. The summed E-state index contributed by atoms with van der Waals surface area (Å²) < 4.78 is 5.48. The topological polar surface area (TPSA) is 95.9 Å². The summed E-state index contributed by atoms with van der Waals surface area (Å²) in [5.74, 6) is -0.0332. The van der Waals surface area contributed by atoms with Crippen LogP contribution in [-0.4, -0.2) is 47.4 Å². The van der Waals surface area contributed by atoms with E-state index in [1.807, 2.05) is 0 Å². The summed E-state index contributed by atoms with van der Waals surface area (Å²) >= 11 is 0. The van der Waals surface area contributed by atoms with E-state index >= 15 is 0 Å². The molecule has 0 saturated heterocycles. The number of aliphatic hydroxyl groups excluding tert-OH is 2. The molecule has 0 heterocycles. The normalized spacial score (nSPS) is 12.5. The van der Waals surface area contributed by atoms with Crippen LogP contribution in [0, 0.1) is 0 Å². The molecule has 0 radical (unpaired) electrons. The molecule has 0 aliphatic rings. The van der Waals surface area contributed by atoms with Crippen LogP contribution in [0.2, 0.25) is 0 Å². The van der Waals surface area contributed by atoms with E-state index in [0.717, 1.165) is 38.5 Å². The number of carbonyl (C=O) groups is 2. The SMILES string of the molecule is CCCCCCCCCCCCCCCCCC(=O)OCCCCCCCCCCCCCCCCCCC(=O)NC(CO)C(O)CCCCCCCCCCCCCCC. The maximum absolute atomic E-state index is 12.4. The number of amides is 1. The molecule has 364 valence electrons. The number of hydrogen-bond donors (Lipinski definition) is 3. The average molecular weight is 864 g/mol. The lowest BCUT2D eigenvalue weighted by Gasteiger charge is -2.22. The van der Waals surface area contributed by atoms with Crippen molar-refractivity contribution in [3.8, 4) is 0 Å². The smallest absolute Gasteiger partial charge is 0.305 e. The Morgan fingerprint density at radius 2 is 0.672 bits per heavy atom. The van der Waals surface area contributed by atoms with Crippen LogP contribution in [0.1, 0.15) is 316 Å². The maximum Gasteiger partial charge on any atom is 0.305 e. The van der Waals surface area contributed by atoms with Gasteiger partial charge in [0.25, 0.3) is 0 Å². The fourth-order valence-electron chi connectivity index (χ4n) is 8.88. The van der Waals surface area contributed by atoms with E-state index in [1.165, 1.54) is 244 Å². The second-order valence-corrected chi connectivity index (χ2v) is 19.3. The van der Waals surface area contributed by atoms with E-state index in [4.69, 9.17) is 4.74 Å². The monoisotopic (exact) mass is 864 g/mol. The highest BCUT2D eigenvalue weighted by Gasteiger charge is 2.20. The van der Waals surface area contributed by atoms with Crippen LogP contribution in [-0.2, 0) is 14.3 Å². The summed E-state index contributed by atoms with van der Waals surface area (Å²) in [4.78, 5) is 24.5. The first kappa shape index (κ1) is 59.9. The molecule has 2 unspecified atom stereocenters. The average Bonchev–Trinajstić information content (AvgIpc) is 3.26. The molecule has 0 aromatic heterocycles. The third kappa shape index (κ3) is 48.2. The van der Waals surface area contributed by atoms with Crippen molar-refractivity contribution in [1.29, 1.82) is 0 Å². The Kier molecular flexibility index (Phi) is 50.5. The van der Waals surface area contributed by atoms with Gasteiger partial charge in [-0.1, -0.05) is 277 Å². The van der Waals surface area contributed by atoms with Gasteiger partial charge in [-0.15, -0.1) is 0 Å². The minimum atomic E-state index is -0.666. The van der Waals surface area contributed by atoms with Gasteiger partial charge in [-0.05, 0) is 25.7 Å². The van der Waals surface area contributed by atoms with Crippen LogP contribution >= 0.6 is 0 Å². The number of rotatable bonds is 52. The first-order valence-electron chi connectivity index (χ1n) is 27.8. The number of aliphatic hydroxyl groups is 2. The fourth-order valence-corrected chi connectivity index (χ4v) is 8.88. The molecule has 0 fully saturated rings. The maximum atomic E-state index is 12.4. The van der Waals surface area contributed by atoms with Crippen LogP contribution in [0.25, 0.3) is 0 Å². The van der Waals surface area contributed by atoms with Crippen molar-refractivity contribution < 1.29 is 24.5 Å². The molecular formula is C55H109NO5. The van der Waals surface area contributed by atoms with Gasteiger partial charge in [0.1, 0.15) is 0 Å². The summed E-state index contributed by atoms with van der Waals surface area (Å²) in [5, 5.41) is 23.2. The molecule has 6 heteroatoms. The zero-order valence-electron chi connectivity index (χ0n) is 41.4. The molecule has 61 heavy (non-hydrogen) atoms.